The molecule has 0 aliphatic carbocycles. The number of benzene rings is 1. The number of thioether (sulfide) groups is 1. The minimum Gasteiger partial charge on any atom is -0.466 e. The van der Waals surface area contributed by atoms with Gasteiger partial charge in [-0.2, -0.15) is 0 Å². The standard InChI is InChI=1S/C18H21NO2S/c1-15-7-5-8-16(19-15)9-6-13-21-18(20)12-14-22-17-10-3-2-4-11-17/h2-5,7-8,10-11H,6,9,12-14H2,1H3. The highest BCUT2D eigenvalue weighted by Gasteiger charge is 2.04. The van der Waals surface area contributed by atoms with E-state index in [4.69, 9.17) is 4.74 Å². The molecule has 22 heavy (non-hydrogen) atoms. The summed E-state index contributed by atoms with van der Waals surface area (Å²) >= 11 is 1.68. The molecule has 0 saturated heterocycles. The monoisotopic (exact) mass is 315 g/mol. The topological polar surface area (TPSA) is 39.2 Å². The smallest absolute Gasteiger partial charge is 0.306 e. The molecule has 0 aliphatic heterocycles. The number of pyridine rings is 1. The van der Waals surface area contributed by atoms with Crippen LogP contribution in [0.1, 0.15) is 24.2 Å². The molecule has 116 valence electrons. The summed E-state index contributed by atoms with van der Waals surface area (Å²) in [7, 11) is 0. The van der Waals surface area contributed by atoms with Crippen LogP contribution in [0.25, 0.3) is 0 Å². The van der Waals surface area contributed by atoms with Crippen molar-refractivity contribution < 1.29 is 9.53 Å². The van der Waals surface area contributed by atoms with Crippen LogP contribution in [0.4, 0.5) is 0 Å². The van der Waals surface area contributed by atoms with Crippen molar-refractivity contribution in [1.29, 1.82) is 0 Å². The predicted octanol–water partition coefficient (Wildman–Crippen LogP) is 4.05. The second-order valence-corrected chi connectivity index (χ2v) is 6.17. The van der Waals surface area contributed by atoms with Gasteiger partial charge in [0, 0.05) is 22.0 Å². The fourth-order valence-corrected chi connectivity index (χ4v) is 2.87. The van der Waals surface area contributed by atoms with Gasteiger partial charge in [-0.1, -0.05) is 24.3 Å². The van der Waals surface area contributed by atoms with E-state index < -0.39 is 0 Å². The lowest BCUT2D eigenvalue weighted by molar-refractivity contribution is -0.143. The summed E-state index contributed by atoms with van der Waals surface area (Å²) in [5.74, 6) is 0.628. The number of aromatic nitrogens is 1. The molecule has 4 heteroatoms. The van der Waals surface area contributed by atoms with Gasteiger partial charge in [0.15, 0.2) is 0 Å². The van der Waals surface area contributed by atoms with Crippen LogP contribution in [0.5, 0.6) is 0 Å². The third-order valence-electron chi connectivity index (χ3n) is 3.10. The molecule has 0 spiro atoms. The summed E-state index contributed by atoms with van der Waals surface area (Å²) in [6.07, 6.45) is 2.10. The third kappa shape index (κ3) is 6.31. The number of rotatable bonds is 8. The Kier molecular flexibility index (Phi) is 6.97. The average molecular weight is 315 g/mol. The zero-order valence-electron chi connectivity index (χ0n) is 12.8. The van der Waals surface area contributed by atoms with Crippen LogP contribution in [0.15, 0.2) is 53.4 Å². The van der Waals surface area contributed by atoms with Gasteiger partial charge >= 0.3 is 5.97 Å². The van der Waals surface area contributed by atoms with Crippen molar-refractivity contribution in [3.8, 4) is 0 Å². The molecule has 1 heterocycles. The molecule has 0 saturated carbocycles. The fourth-order valence-electron chi connectivity index (χ4n) is 2.02. The molecular weight excluding hydrogens is 294 g/mol. The summed E-state index contributed by atoms with van der Waals surface area (Å²) in [4.78, 5) is 17.3. The van der Waals surface area contributed by atoms with Crippen molar-refractivity contribution in [2.24, 2.45) is 0 Å². The lowest BCUT2D eigenvalue weighted by atomic mass is 10.2. The van der Waals surface area contributed by atoms with Gasteiger partial charge in [0.25, 0.3) is 0 Å². The van der Waals surface area contributed by atoms with E-state index in [2.05, 4.69) is 4.98 Å². The van der Waals surface area contributed by atoms with Crippen molar-refractivity contribution in [3.05, 3.63) is 59.9 Å². The van der Waals surface area contributed by atoms with Gasteiger partial charge in [-0.3, -0.25) is 9.78 Å². The van der Waals surface area contributed by atoms with E-state index in [0.717, 1.165) is 30.0 Å². The summed E-state index contributed by atoms with van der Waals surface area (Å²) in [6.45, 7) is 2.44. The highest BCUT2D eigenvalue weighted by molar-refractivity contribution is 7.99. The quantitative estimate of drug-likeness (QED) is 0.418. The van der Waals surface area contributed by atoms with E-state index >= 15 is 0 Å². The van der Waals surface area contributed by atoms with Crippen LogP contribution in [0.3, 0.4) is 0 Å². The van der Waals surface area contributed by atoms with Crippen molar-refractivity contribution in [2.45, 2.75) is 31.1 Å². The molecule has 3 nitrogen and oxygen atoms in total. The van der Waals surface area contributed by atoms with Crippen molar-refractivity contribution >= 4 is 17.7 Å². The zero-order valence-corrected chi connectivity index (χ0v) is 13.6. The van der Waals surface area contributed by atoms with Crippen molar-refractivity contribution in [1.82, 2.24) is 4.98 Å². The Hall–Kier alpha value is -1.81. The first-order chi connectivity index (χ1) is 10.7. The number of nitrogens with zero attached hydrogens (tertiary/aromatic N) is 1. The van der Waals surface area contributed by atoms with Crippen LogP contribution in [0.2, 0.25) is 0 Å². The molecular formula is C18H21NO2S. The molecule has 0 amide bonds. The Morgan fingerprint density at radius 3 is 2.73 bits per heavy atom. The van der Waals surface area contributed by atoms with E-state index in [9.17, 15) is 4.79 Å². The molecule has 0 aliphatic rings. The number of esters is 1. The Morgan fingerprint density at radius 2 is 1.95 bits per heavy atom. The summed E-state index contributed by atoms with van der Waals surface area (Å²) in [5.41, 5.74) is 2.07. The molecule has 2 aromatic rings. The van der Waals surface area contributed by atoms with E-state index in [1.165, 1.54) is 4.90 Å². The lowest BCUT2D eigenvalue weighted by Gasteiger charge is -2.05. The SMILES string of the molecule is Cc1cccc(CCCOC(=O)CCSc2ccccc2)n1. The van der Waals surface area contributed by atoms with Crippen LogP contribution in [0, 0.1) is 6.92 Å². The molecule has 0 unspecified atom stereocenters. The number of ether oxygens (including phenoxy) is 1. The molecule has 1 aromatic carbocycles. The minimum atomic E-state index is -0.124. The molecule has 0 radical (unpaired) electrons. The maximum atomic E-state index is 11.6. The van der Waals surface area contributed by atoms with Crippen LogP contribution in [-0.2, 0) is 16.0 Å². The lowest BCUT2D eigenvalue weighted by Crippen LogP contribution is -2.07. The van der Waals surface area contributed by atoms with Crippen molar-refractivity contribution in [3.63, 3.8) is 0 Å². The fraction of sp³-hybridized carbons (Fsp3) is 0.333. The maximum absolute atomic E-state index is 11.6. The summed E-state index contributed by atoms with van der Waals surface area (Å²) in [5, 5.41) is 0. The van der Waals surface area contributed by atoms with Crippen LogP contribution >= 0.6 is 11.8 Å². The second-order valence-electron chi connectivity index (χ2n) is 5.01. The molecule has 2 rings (SSSR count). The van der Waals surface area contributed by atoms with Gasteiger partial charge in [0.1, 0.15) is 0 Å². The van der Waals surface area contributed by atoms with E-state index in [-0.39, 0.29) is 5.97 Å². The molecule has 0 N–H and O–H groups in total. The Labute approximate surface area is 136 Å². The van der Waals surface area contributed by atoms with Crippen molar-refractivity contribution in [2.75, 3.05) is 12.4 Å². The molecule has 1 aromatic heterocycles. The maximum Gasteiger partial charge on any atom is 0.306 e. The molecule has 0 fully saturated rings. The number of carbonyl (C=O) groups excluding carboxylic acids is 1. The van der Waals surface area contributed by atoms with Gasteiger partial charge in [-0.05, 0) is 44.0 Å². The first kappa shape index (κ1) is 16.6. The van der Waals surface area contributed by atoms with E-state index in [1.54, 1.807) is 11.8 Å². The second kappa shape index (κ2) is 9.26. The number of hydrogen-bond acceptors (Lipinski definition) is 4. The Bertz CT molecular complexity index is 587. The van der Waals surface area contributed by atoms with Crippen LogP contribution < -0.4 is 0 Å². The van der Waals surface area contributed by atoms with E-state index in [0.29, 0.717) is 13.0 Å². The first-order valence-electron chi connectivity index (χ1n) is 7.50. The minimum absolute atomic E-state index is 0.124. The van der Waals surface area contributed by atoms with Gasteiger partial charge in [0.2, 0.25) is 0 Å². The first-order valence-corrected chi connectivity index (χ1v) is 8.48. The van der Waals surface area contributed by atoms with Gasteiger partial charge in [-0.15, -0.1) is 11.8 Å². The highest BCUT2D eigenvalue weighted by Crippen LogP contribution is 2.17. The van der Waals surface area contributed by atoms with Gasteiger partial charge in [0.05, 0.1) is 13.0 Å². The number of hydrogen-bond donors (Lipinski definition) is 0. The van der Waals surface area contributed by atoms with Gasteiger partial charge < -0.3 is 4.74 Å². The highest BCUT2D eigenvalue weighted by atomic mass is 32.2. The number of carbonyl (C=O) groups is 1. The predicted molar refractivity (Wildman–Crippen MR) is 90.0 cm³/mol. The number of aryl methyl sites for hydroxylation is 2. The summed E-state index contributed by atoms with van der Waals surface area (Å²) < 4.78 is 5.25. The Morgan fingerprint density at radius 1 is 1.14 bits per heavy atom. The molecule has 0 atom stereocenters. The average Bonchev–Trinajstić information content (AvgIpc) is 2.53. The normalized spacial score (nSPS) is 10.4. The summed E-state index contributed by atoms with van der Waals surface area (Å²) in [6, 6.07) is 16.1. The van der Waals surface area contributed by atoms with Gasteiger partial charge in [-0.25, -0.2) is 0 Å². The Balaban J connectivity index is 1.56. The largest absolute Gasteiger partial charge is 0.466 e. The van der Waals surface area contributed by atoms with Crippen LogP contribution in [-0.4, -0.2) is 23.3 Å². The molecule has 0 bridgehead atoms. The van der Waals surface area contributed by atoms with E-state index in [1.807, 2.05) is 55.5 Å². The third-order valence-corrected chi connectivity index (χ3v) is 4.12. The zero-order chi connectivity index (χ0) is 15.6.